The molecular weight excluding hydrogens is 260 g/mol. The summed E-state index contributed by atoms with van der Waals surface area (Å²) in [5.74, 6) is -0.317. The Bertz CT molecular complexity index is 300. The van der Waals surface area contributed by atoms with Crippen LogP contribution in [-0.4, -0.2) is 24.5 Å². The first kappa shape index (κ1) is 12.2. The van der Waals surface area contributed by atoms with Crippen LogP contribution in [0.5, 0.6) is 0 Å². The molecule has 3 nitrogen and oxygen atoms in total. The van der Waals surface area contributed by atoms with E-state index in [1.54, 1.807) is 0 Å². The molecule has 0 saturated carbocycles. The number of methoxy groups -OCH3 is 1. The summed E-state index contributed by atoms with van der Waals surface area (Å²) >= 11 is 3.18. The van der Waals surface area contributed by atoms with Gasteiger partial charge in [0, 0.05) is 0 Å². The molecule has 1 aromatic carbocycles. The monoisotopic (exact) mass is 272 g/mol. The van der Waals surface area contributed by atoms with E-state index in [1.807, 2.05) is 30.3 Å². The maximum atomic E-state index is 11.0. The number of hydrogen-bond acceptors (Lipinski definition) is 3. The summed E-state index contributed by atoms with van der Waals surface area (Å²) in [5.41, 5.74) is 1.09. The second kappa shape index (κ2) is 6.58. The third-order valence-electron chi connectivity index (χ3n) is 1.83. The molecule has 0 saturated heterocycles. The summed E-state index contributed by atoms with van der Waals surface area (Å²) in [4.78, 5) is 10.6. The van der Waals surface area contributed by atoms with Crippen LogP contribution in [0.25, 0.3) is 0 Å². The maximum Gasteiger partial charge on any atom is 0.321 e. The summed E-state index contributed by atoms with van der Waals surface area (Å²) < 4.78 is 9.91. The fraction of sp³-hybridized carbons (Fsp3) is 0.364. The van der Waals surface area contributed by atoms with Crippen LogP contribution in [0.1, 0.15) is 5.56 Å². The van der Waals surface area contributed by atoms with Gasteiger partial charge in [-0.3, -0.25) is 4.79 Å². The van der Waals surface area contributed by atoms with E-state index in [-0.39, 0.29) is 5.97 Å². The quantitative estimate of drug-likeness (QED) is 0.609. The highest BCUT2D eigenvalue weighted by molar-refractivity contribution is 9.10. The molecule has 1 aromatic rings. The Hall–Kier alpha value is -0.870. The van der Waals surface area contributed by atoms with E-state index in [4.69, 9.17) is 4.74 Å². The lowest BCUT2D eigenvalue weighted by Crippen LogP contribution is -2.21. The smallest absolute Gasteiger partial charge is 0.321 e. The van der Waals surface area contributed by atoms with Crippen molar-refractivity contribution in [1.82, 2.24) is 0 Å². The summed E-state index contributed by atoms with van der Waals surface area (Å²) in [6.07, 6.45) is 0. The largest absolute Gasteiger partial charge is 0.468 e. The Morgan fingerprint density at radius 3 is 2.67 bits per heavy atom. The van der Waals surface area contributed by atoms with Gasteiger partial charge in [-0.15, -0.1) is 0 Å². The first-order chi connectivity index (χ1) is 7.24. The molecule has 0 amide bonds. The number of halogens is 1. The third-order valence-corrected chi connectivity index (χ3v) is 2.47. The molecule has 0 fully saturated rings. The van der Waals surface area contributed by atoms with Crippen LogP contribution in [-0.2, 0) is 20.9 Å². The third kappa shape index (κ3) is 4.44. The van der Waals surface area contributed by atoms with Crippen molar-refractivity contribution in [1.29, 1.82) is 0 Å². The molecule has 1 atom stereocenters. The zero-order chi connectivity index (χ0) is 11.1. The van der Waals surface area contributed by atoms with Crippen LogP contribution in [0.15, 0.2) is 30.3 Å². The van der Waals surface area contributed by atoms with Gasteiger partial charge in [-0.2, -0.15) is 0 Å². The molecule has 0 N–H and O–H groups in total. The lowest BCUT2D eigenvalue weighted by atomic mass is 10.2. The number of carbonyl (C=O) groups excluding carboxylic acids is 1. The van der Waals surface area contributed by atoms with Gasteiger partial charge < -0.3 is 9.47 Å². The second-order valence-electron chi connectivity index (χ2n) is 2.99. The maximum absolute atomic E-state index is 11.0. The Morgan fingerprint density at radius 2 is 2.07 bits per heavy atom. The van der Waals surface area contributed by atoms with Gasteiger partial charge in [0.05, 0.1) is 20.3 Å². The molecule has 82 valence electrons. The van der Waals surface area contributed by atoms with Gasteiger partial charge >= 0.3 is 5.97 Å². The molecule has 1 rings (SSSR count). The van der Waals surface area contributed by atoms with Gasteiger partial charge in [0.15, 0.2) is 0 Å². The van der Waals surface area contributed by atoms with E-state index in [2.05, 4.69) is 20.7 Å². The number of benzene rings is 1. The first-order valence-corrected chi connectivity index (χ1v) is 5.49. The Kier molecular flexibility index (Phi) is 5.36. The molecule has 0 spiro atoms. The average Bonchev–Trinajstić information content (AvgIpc) is 2.29. The van der Waals surface area contributed by atoms with Crippen molar-refractivity contribution in [2.24, 2.45) is 0 Å². The van der Waals surface area contributed by atoms with Crippen molar-refractivity contribution in [3.8, 4) is 0 Å². The van der Waals surface area contributed by atoms with Gasteiger partial charge in [0.2, 0.25) is 0 Å². The molecule has 0 aromatic heterocycles. The van der Waals surface area contributed by atoms with Crippen molar-refractivity contribution in [3.05, 3.63) is 35.9 Å². The van der Waals surface area contributed by atoms with E-state index < -0.39 is 4.83 Å². The molecule has 15 heavy (non-hydrogen) atoms. The van der Waals surface area contributed by atoms with E-state index in [9.17, 15) is 4.79 Å². The number of carbonyl (C=O) groups is 1. The highest BCUT2D eigenvalue weighted by atomic mass is 79.9. The second-order valence-corrected chi connectivity index (χ2v) is 4.10. The lowest BCUT2D eigenvalue weighted by Gasteiger charge is -2.08. The minimum absolute atomic E-state index is 0.307. The van der Waals surface area contributed by atoms with Gasteiger partial charge in [0.1, 0.15) is 4.83 Å². The average molecular weight is 273 g/mol. The van der Waals surface area contributed by atoms with Crippen LogP contribution in [0.3, 0.4) is 0 Å². The van der Waals surface area contributed by atoms with E-state index in [0.717, 1.165) is 5.56 Å². The number of esters is 1. The standard InChI is InChI=1S/C11H13BrO3/c1-14-11(13)10(12)8-15-7-9-5-3-2-4-6-9/h2-6,10H,7-8H2,1H3/t10-/m1/s1. The zero-order valence-corrected chi connectivity index (χ0v) is 10.1. The first-order valence-electron chi connectivity index (χ1n) is 4.57. The molecule has 0 radical (unpaired) electrons. The molecule has 4 heteroatoms. The van der Waals surface area contributed by atoms with Gasteiger partial charge in [-0.25, -0.2) is 0 Å². The number of hydrogen-bond donors (Lipinski definition) is 0. The Labute approximate surface area is 97.5 Å². The zero-order valence-electron chi connectivity index (χ0n) is 8.48. The highest BCUT2D eigenvalue weighted by Gasteiger charge is 2.14. The molecule has 0 unspecified atom stereocenters. The fourth-order valence-corrected chi connectivity index (χ4v) is 1.42. The van der Waals surface area contributed by atoms with Crippen molar-refractivity contribution in [2.75, 3.05) is 13.7 Å². The number of alkyl halides is 1. The van der Waals surface area contributed by atoms with E-state index >= 15 is 0 Å². The van der Waals surface area contributed by atoms with Gasteiger partial charge in [-0.1, -0.05) is 46.3 Å². The van der Waals surface area contributed by atoms with Crippen LogP contribution >= 0.6 is 15.9 Å². The van der Waals surface area contributed by atoms with Crippen LogP contribution < -0.4 is 0 Å². The van der Waals surface area contributed by atoms with Crippen molar-refractivity contribution in [3.63, 3.8) is 0 Å². The van der Waals surface area contributed by atoms with Crippen molar-refractivity contribution < 1.29 is 14.3 Å². The van der Waals surface area contributed by atoms with Gasteiger partial charge in [0.25, 0.3) is 0 Å². The molecule has 0 aliphatic heterocycles. The Morgan fingerprint density at radius 1 is 1.40 bits per heavy atom. The summed E-state index contributed by atoms with van der Waals surface area (Å²) in [6.45, 7) is 0.807. The van der Waals surface area contributed by atoms with Gasteiger partial charge in [-0.05, 0) is 5.56 Å². The molecule has 0 bridgehead atoms. The predicted octanol–water partition coefficient (Wildman–Crippen LogP) is 2.14. The van der Waals surface area contributed by atoms with E-state index in [0.29, 0.717) is 13.2 Å². The van der Waals surface area contributed by atoms with E-state index in [1.165, 1.54) is 7.11 Å². The Balaban J connectivity index is 2.25. The van der Waals surface area contributed by atoms with Crippen molar-refractivity contribution in [2.45, 2.75) is 11.4 Å². The number of ether oxygens (including phenoxy) is 2. The summed E-state index contributed by atoms with van der Waals surface area (Å²) in [7, 11) is 1.35. The summed E-state index contributed by atoms with van der Waals surface area (Å²) in [5, 5.41) is 0. The summed E-state index contributed by atoms with van der Waals surface area (Å²) in [6, 6.07) is 9.79. The molecule has 0 aliphatic rings. The molecule has 0 heterocycles. The van der Waals surface area contributed by atoms with Crippen LogP contribution in [0.2, 0.25) is 0 Å². The number of rotatable bonds is 5. The van der Waals surface area contributed by atoms with Crippen LogP contribution in [0, 0.1) is 0 Å². The van der Waals surface area contributed by atoms with Crippen molar-refractivity contribution >= 4 is 21.9 Å². The van der Waals surface area contributed by atoms with Crippen LogP contribution in [0.4, 0.5) is 0 Å². The minimum Gasteiger partial charge on any atom is -0.468 e. The highest BCUT2D eigenvalue weighted by Crippen LogP contribution is 2.05. The fourth-order valence-electron chi connectivity index (χ4n) is 1.05. The predicted molar refractivity (Wildman–Crippen MR) is 60.8 cm³/mol. The normalized spacial score (nSPS) is 12.1. The SMILES string of the molecule is COC(=O)[C@H](Br)COCc1ccccc1. The minimum atomic E-state index is -0.397. The molecule has 0 aliphatic carbocycles. The topological polar surface area (TPSA) is 35.5 Å². The lowest BCUT2D eigenvalue weighted by molar-refractivity contribution is -0.141. The molecular formula is C11H13BrO3.